The van der Waals surface area contributed by atoms with Crippen LogP contribution < -0.4 is 31.4 Å². The Morgan fingerprint density at radius 1 is 0.398 bits per heavy atom. The van der Waals surface area contributed by atoms with Gasteiger partial charge in [0, 0.05) is 186 Å². The molecule has 9 heterocycles. The van der Waals surface area contributed by atoms with Gasteiger partial charge >= 0.3 is 0 Å². The molecule has 20 heteroatoms. The molecular weight excluding hydrogens is 1340 g/mol. The number of nitrogen functional groups attached to an aromatic ring is 3. The number of anilines is 3. The summed E-state index contributed by atoms with van der Waals surface area (Å²) in [5.41, 5.74) is 31.5. The fourth-order valence-electron chi connectivity index (χ4n) is 18.6. The molecule has 20 nitrogen and oxygen atoms in total. The summed E-state index contributed by atoms with van der Waals surface area (Å²) in [5, 5.41) is 7.26. The monoisotopic (exact) mass is 1440 g/mol. The molecule has 3 saturated heterocycles. The summed E-state index contributed by atoms with van der Waals surface area (Å²) in [7, 11) is 2.23. The third kappa shape index (κ3) is 14.5. The smallest absolute Gasteiger partial charge is 0.150 e. The van der Waals surface area contributed by atoms with Crippen LogP contribution in [0.5, 0.6) is 34.5 Å². The maximum absolute atomic E-state index is 6.79. The van der Waals surface area contributed by atoms with Crippen LogP contribution in [0, 0.1) is 0 Å². The molecule has 6 fully saturated rings. The second-order valence-electron chi connectivity index (χ2n) is 31.1. The van der Waals surface area contributed by atoms with E-state index in [1.165, 1.54) is 37.1 Å². The van der Waals surface area contributed by atoms with Gasteiger partial charge in [0.1, 0.15) is 74.7 Å². The number of nitrogens with two attached hydrogens (primary N) is 3. The third-order valence-electron chi connectivity index (χ3n) is 24.7. The Hall–Kier alpha value is -10.2. The second-order valence-corrected chi connectivity index (χ2v) is 31.1. The first-order valence-corrected chi connectivity index (χ1v) is 39.5. The highest BCUT2D eigenvalue weighted by Gasteiger charge is 2.35. The van der Waals surface area contributed by atoms with Crippen LogP contribution in [0.2, 0.25) is 0 Å². The molecule has 12 aromatic rings. The molecule has 18 rings (SSSR count). The lowest BCUT2D eigenvalue weighted by atomic mass is 9.84. The molecule has 0 radical (unpaired) electrons. The number of hydrogen-bond donors (Lipinski definition) is 3. The molecule has 3 aliphatic carbocycles. The van der Waals surface area contributed by atoms with Crippen LogP contribution in [0.25, 0.3) is 61.0 Å². The van der Waals surface area contributed by atoms with Crippen molar-refractivity contribution >= 4 is 44.8 Å². The Kier molecular flexibility index (Phi) is 19.8. The van der Waals surface area contributed by atoms with E-state index < -0.39 is 0 Å². The number of para-hydroxylation sites is 3. The summed E-state index contributed by atoms with van der Waals surface area (Å²) < 4.78 is 26.5. The largest absolute Gasteiger partial charge is 0.457 e. The van der Waals surface area contributed by atoms with Gasteiger partial charge in [0.05, 0.1) is 22.5 Å². The van der Waals surface area contributed by atoms with Gasteiger partial charge in [-0.05, 0) is 187 Å². The van der Waals surface area contributed by atoms with Crippen molar-refractivity contribution in [2.24, 2.45) is 0 Å². The van der Waals surface area contributed by atoms with E-state index in [1.54, 1.807) is 6.20 Å². The number of ether oxygens (including phenoxy) is 3. The average molecular weight is 1440 g/mol. The number of likely N-dealkylation sites (N-methyl/N-ethyl adjacent to an activating group) is 1. The number of imidazole rings is 1. The van der Waals surface area contributed by atoms with Crippen LogP contribution in [-0.4, -0.2) is 172 Å². The van der Waals surface area contributed by atoms with Crippen LogP contribution in [0.4, 0.5) is 17.5 Å². The van der Waals surface area contributed by atoms with Crippen LogP contribution >= 0.6 is 0 Å². The first-order valence-electron chi connectivity index (χ1n) is 39.5. The van der Waals surface area contributed by atoms with Crippen LogP contribution in [0.15, 0.2) is 195 Å². The van der Waals surface area contributed by atoms with Gasteiger partial charge in [-0.3, -0.25) is 33.6 Å². The van der Waals surface area contributed by atoms with Crippen molar-refractivity contribution in [1.82, 2.24) is 68.1 Å². The second kappa shape index (κ2) is 30.8. The minimum atomic E-state index is 0.334. The topological polar surface area (TPSA) is 204 Å². The number of nitrogens with zero attached hydrogens (tertiary/aromatic N) is 14. The minimum absolute atomic E-state index is 0.334. The van der Waals surface area contributed by atoms with E-state index in [-0.39, 0.29) is 0 Å². The summed E-state index contributed by atoms with van der Waals surface area (Å²) in [6, 6.07) is 58.6. The van der Waals surface area contributed by atoms with E-state index >= 15 is 0 Å². The van der Waals surface area contributed by atoms with Crippen molar-refractivity contribution in [3.05, 3.63) is 212 Å². The number of hydrogen-bond acceptors (Lipinski definition) is 17. The summed E-state index contributed by atoms with van der Waals surface area (Å²) in [4.78, 5) is 34.8. The van der Waals surface area contributed by atoms with Crippen molar-refractivity contribution in [3.8, 4) is 68.1 Å². The van der Waals surface area contributed by atoms with Gasteiger partial charge in [-0.2, -0.15) is 5.10 Å². The van der Waals surface area contributed by atoms with Crippen LogP contribution in [0.1, 0.15) is 112 Å². The molecule has 0 unspecified atom stereocenters. The van der Waals surface area contributed by atoms with Crippen molar-refractivity contribution < 1.29 is 14.2 Å². The molecule has 6 N–H and O–H groups in total. The van der Waals surface area contributed by atoms with Crippen LogP contribution in [0.3, 0.4) is 0 Å². The fraction of sp³-hybridized carbons (Fsp3) is 0.375. The Labute approximate surface area is 632 Å². The van der Waals surface area contributed by atoms with Crippen molar-refractivity contribution in [3.63, 3.8) is 0 Å². The van der Waals surface area contributed by atoms with Crippen molar-refractivity contribution in [1.29, 1.82) is 0 Å². The maximum atomic E-state index is 6.79. The standard InChI is InChI=1S/C88H99N17O3/c1-97-45-51-100(52-46-97)68-27-31-70(32-28-68)105-77-40-42-93-86(90)81(77)82(96-105)61-19-37-74(38-20-61)108-79-14-8-6-10-65(79)58-99-49-55-102(56-50-99)67-25-29-69(30-26-67)104-59-75(80-76(104)39-41-92-85(80)89)60-17-33-73(34-18-60)107-78-13-7-5-9-64(78)57-98-47-53-101(54-48-98)66-23-15-63(16-24-66)88-95-83(84-87(91)94-43-44-103(84)88)62-21-35-72(36-22-62)106-71-11-3-2-4-12-71/h2-14,17-22,33-44,59,63,66-70H,15-16,23-32,45-58H2,1H3,(H2,89,92)(H2,90,93)(H2,91,94). The maximum Gasteiger partial charge on any atom is 0.150 e. The van der Waals surface area contributed by atoms with E-state index in [1.807, 2.05) is 61.1 Å². The number of aromatic nitrogens is 8. The molecule has 0 spiro atoms. The molecule has 554 valence electrons. The first-order chi connectivity index (χ1) is 53.1. The lowest BCUT2D eigenvalue weighted by Crippen LogP contribution is -2.50. The fourth-order valence-corrected chi connectivity index (χ4v) is 18.6. The van der Waals surface area contributed by atoms with Gasteiger partial charge in [-0.15, -0.1) is 0 Å². The van der Waals surface area contributed by atoms with Gasteiger partial charge in [0.2, 0.25) is 0 Å². The predicted octanol–water partition coefficient (Wildman–Crippen LogP) is 15.8. The Morgan fingerprint density at radius 3 is 1.43 bits per heavy atom. The van der Waals surface area contributed by atoms with E-state index in [0.717, 1.165) is 244 Å². The normalized spacial score (nSPS) is 21.9. The lowest BCUT2D eigenvalue weighted by molar-refractivity contribution is 0.0684. The van der Waals surface area contributed by atoms with Gasteiger partial charge in [0.25, 0.3) is 0 Å². The summed E-state index contributed by atoms with van der Waals surface area (Å²) in [6.07, 6.45) is 23.4. The van der Waals surface area contributed by atoms with E-state index in [4.69, 9.17) is 41.5 Å². The lowest BCUT2D eigenvalue weighted by Gasteiger charge is -2.42. The molecule has 6 aromatic heterocycles. The van der Waals surface area contributed by atoms with E-state index in [0.29, 0.717) is 53.6 Å². The first kappa shape index (κ1) is 69.5. The number of benzene rings is 6. The van der Waals surface area contributed by atoms with Crippen molar-refractivity contribution in [2.45, 2.75) is 126 Å². The number of rotatable bonds is 19. The van der Waals surface area contributed by atoms with Gasteiger partial charge in [-0.1, -0.05) is 66.7 Å². The summed E-state index contributed by atoms with van der Waals surface area (Å²) >= 11 is 0. The highest BCUT2D eigenvalue weighted by molar-refractivity contribution is 6.03. The molecule has 6 aromatic carbocycles. The average Bonchev–Trinajstić information content (AvgIpc) is 1.62. The summed E-state index contributed by atoms with van der Waals surface area (Å²) in [6.45, 7) is 14.6. The van der Waals surface area contributed by atoms with Crippen molar-refractivity contribution in [2.75, 3.05) is 103 Å². The molecule has 0 atom stereocenters. The molecular formula is C88H99N17O3. The van der Waals surface area contributed by atoms with Gasteiger partial charge < -0.3 is 40.9 Å². The molecule has 6 aliphatic rings. The number of piperazine rings is 3. The third-order valence-corrected chi connectivity index (χ3v) is 24.7. The number of fused-ring (bicyclic) bond motifs is 3. The predicted molar refractivity (Wildman–Crippen MR) is 430 cm³/mol. The minimum Gasteiger partial charge on any atom is -0.457 e. The Balaban J connectivity index is 0.457. The van der Waals surface area contributed by atoms with Gasteiger partial charge in [0.15, 0.2) is 0 Å². The Morgan fingerprint density at radius 2 is 0.852 bits per heavy atom. The molecule has 0 bridgehead atoms. The summed E-state index contributed by atoms with van der Waals surface area (Å²) in [5.74, 6) is 7.94. The number of pyridine rings is 2. The van der Waals surface area contributed by atoms with E-state index in [2.05, 4.69) is 193 Å². The Bertz CT molecular complexity index is 5070. The SMILES string of the molecule is CN1CCN(C2CCC(n3nc(-c4ccc(Oc5ccccc5CN5CCN(C6CCC(n7cc(-c8ccc(Oc9ccccc9CN9CCN(C%10CCC(c%11nc(-c%12ccc(Oc%13ccccc%13)cc%12)c%12c(N)nccn%11%12)CC%10)CC9)cc8)c8c(N)nccc87)CC6)CC5)cc4)c4c(N)nccc43)CC2)CC1. The highest BCUT2D eigenvalue weighted by atomic mass is 16.5. The molecule has 3 saturated carbocycles. The zero-order valence-electron chi connectivity index (χ0n) is 62.0. The molecule has 0 amide bonds. The zero-order chi connectivity index (χ0) is 72.6. The highest BCUT2D eigenvalue weighted by Crippen LogP contribution is 2.44. The zero-order valence-corrected chi connectivity index (χ0v) is 62.0. The molecule has 108 heavy (non-hydrogen) atoms. The quantitative estimate of drug-likeness (QED) is 0.0689. The van der Waals surface area contributed by atoms with Crippen LogP contribution in [-0.2, 0) is 13.1 Å². The van der Waals surface area contributed by atoms with E-state index in [9.17, 15) is 0 Å². The van der Waals surface area contributed by atoms with Gasteiger partial charge in [-0.25, -0.2) is 19.9 Å². The molecule has 3 aliphatic heterocycles.